The molecule has 0 aliphatic heterocycles. The Kier molecular flexibility index (Phi) is 3.16. The highest BCUT2D eigenvalue weighted by atomic mass is 79.9. The average molecular weight is 231 g/mol. The van der Waals surface area contributed by atoms with E-state index in [1.54, 1.807) is 6.92 Å². The number of esters is 1. The van der Waals surface area contributed by atoms with E-state index < -0.39 is 5.97 Å². The molecule has 0 fully saturated rings. The Balaban J connectivity index is 2.81. The topological polar surface area (TPSA) is 52.1 Å². The first kappa shape index (κ1) is 9.12. The summed E-state index contributed by atoms with van der Waals surface area (Å²) in [4.78, 5) is 18.7. The van der Waals surface area contributed by atoms with Crippen molar-refractivity contribution >= 4 is 21.9 Å². The number of hydrogen-bond donors (Lipinski definition) is 0. The van der Waals surface area contributed by atoms with E-state index in [0.717, 1.165) is 0 Å². The number of carbonyl (C=O) groups is 1. The van der Waals surface area contributed by atoms with Gasteiger partial charge in [-0.1, -0.05) is 0 Å². The summed E-state index contributed by atoms with van der Waals surface area (Å²) in [7, 11) is 0. The van der Waals surface area contributed by atoms with Crippen molar-refractivity contribution in [3.8, 4) is 0 Å². The molecule has 0 spiro atoms. The Labute approximate surface area is 78.1 Å². The number of ether oxygens (including phenoxy) is 1. The quantitative estimate of drug-likeness (QED) is 0.722. The van der Waals surface area contributed by atoms with Crippen LogP contribution in [0.15, 0.2) is 17.0 Å². The summed E-state index contributed by atoms with van der Waals surface area (Å²) >= 11 is 3.10. The average Bonchev–Trinajstić information content (AvgIpc) is 2.05. The molecular formula is C7H7BrN2O2. The minimum atomic E-state index is -0.452. The number of hydrogen-bond acceptors (Lipinski definition) is 4. The first-order valence-electron chi connectivity index (χ1n) is 3.38. The van der Waals surface area contributed by atoms with Gasteiger partial charge in [-0.25, -0.2) is 9.78 Å². The molecule has 0 aromatic carbocycles. The summed E-state index contributed by atoms with van der Waals surface area (Å²) < 4.78 is 5.24. The summed E-state index contributed by atoms with van der Waals surface area (Å²) in [6.07, 6.45) is 2.87. The van der Waals surface area contributed by atoms with E-state index in [1.165, 1.54) is 12.4 Å². The van der Waals surface area contributed by atoms with Gasteiger partial charge in [0, 0.05) is 0 Å². The first-order valence-corrected chi connectivity index (χ1v) is 4.18. The molecule has 5 heteroatoms. The van der Waals surface area contributed by atoms with Crippen LogP contribution in [0, 0.1) is 0 Å². The molecule has 0 N–H and O–H groups in total. The lowest BCUT2D eigenvalue weighted by atomic mass is 10.5. The maximum absolute atomic E-state index is 11.1. The number of halogens is 1. The monoisotopic (exact) mass is 230 g/mol. The Morgan fingerprint density at radius 1 is 1.67 bits per heavy atom. The van der Waals surface area contributed by atoms with Crippen LogP contribution in [0.1, 0.15) is 17.4 Å². The molecular weight excluding hydrogens is 224 g/mol. The van der Waals surface area contributed by atoms with Crippen LogP contribution < -0.4 is 0 Å². The standard InChI is InChI=1S/C7H7BrN2O2/c1-2-12-7(11)5-3-9-4-6(8)10-5/h3-4H,2H2,1H3. The predicted molar refractivity (Wildman–Crippen MR) is 45.7 cm³/mol. The molecule has 0 atom stereocenters. The Morgan fingerprint density at radius 2 is 2.42 bits per heavy atom. The highest BCUT2D eigenvalue weighted by molar-refractivity contribution is 9.10. The van der Waals surface area contributed by atoms with Crippen molar-refractivity contribution in [3.63, 3.8) is 0 Å². The lowest BCUT2D eigenvalue weighted by molar-refractivity contribution is 0.0518. The fourth-order valence-electron chi connectivity index (χ4n) is 0.646. The number of nitrogens with zero attached hydrogens (tertiary/aromatic N) is 2. The van der Waals surface area contributed by atoms with Crippen molar-refractivity contribution in [2.75, 3.05) is 6.61 Å². The van der Waals surface area contributed by atoms with Gasteiger partial charge in [-0.2, -0.15) is 0 Å². The van der Waals surface area contributed by atoms with Gasteiger partial charge in [0.1, 0.15) is 4.60 Å². The van der Waals surface area contributed by atoms with Crippen molar-refractivity contribution in [1.82, 2.24) is 9.97 Å². The van der Waals surface area contributed by atoms with Crippen LogP contribution in [0.3, 0.4) is 0 Å². The summed E-state index contributed by atoms with van der Waals surface area (Å²) in [5.74, 6) is -0.452. The summed E-state index contributed by atoms with van der Waals surface area (Å²) in [5, 5.41) is 0. The zero-order valence-corrected chi connectivity index (χ0v) is 8.04. The van der Waals surface area contributed by atoms with E-state index >= 15 is 0 Å². The van der Waals surface area contributed by atoms with Crippen LogP contribution in [0.5, 0.6) is 0 Å². The second-order valence-corrected chi connectivity index (χ2v) is 2.76. The normalized spacial score (nSPS) is 9.50. The van der Waals surface area contributed by atoms with Crippen molar-refractivity contribution in [2.45, 2.75) is 6.92 Å². The van der Waals surface area contributed by atoms with Crippen molar-refractivity contribution in [1.29, 1.82) is 0 Å². The van der Waals surface area contributed by atoms with Crippen LogP contribution in [0.25, 0.3) is 0 Å². The van der Waals surface area contributed by atoms with Gasteiger partial charge in [-0.05, 0) is 22.9 Å². The molecule has 1 rings (SSSR count). The van der Waals surface area contributed by atoms with Crippen LogP contribution in [-0.2, 0) is 4.74 Å². The van der Waals surface area contributed by atoms with Crippen molar-refractivity contribution < 1.29 is 9.53 Å². The van der Waals surface area contributed by atoms with Crippen molar-refractivity contribution in [3.05, 3.63) is 22.7 Å². The molecule has 0 aliphatic rings. The van der Waals surface area contributed by atoms with Gasteiger partial charge in [0.25, 0.3) is 0 Å². The molecule has 0 saturated heterocycles. The van der Waals surface area contributed by atoms with Gasteiger partial charge in [0.15, 0.2) is 5.69 Å². The van der Waals surface area contributed by atoms with Gasteiger partial charge < -0.3 is 4.74 Å². The zero-order chi connectivity index (χ0) is 8.97. The Morgan fingerprint density at radius 3 is 3.00 bits per heavy atom. The second-order valence-electron chi connectivity index (χ2n) is 1.95. The molecule has 64 valence electrons. The minimum Gasteiger partial charge on any atom is -0.461 e. The molecule has 1 aromatic rings. The largest absolute Gasteiger partial charge is 0.461 e. The van der Waals surface area contributed by atoms with Gasteiger partial charge in [0.05, 0.1) is 19.0 Å². The molecule has 1 heterocycles. The third-order valence-electron chi connectivity index (χ3n) is 1.09. The number of aromatic nitrogens is 2. The molecule has 4 nitrogen and oxygen atoms in total. The Bertz CT molecular complexity index is 290. The molecule has 0 radical (unpaired) electrons. The fourth-order valence-corrected chi connectivity index (χ4v) is 0.955. The molecule has 0 saturated carbocycles. The maximum atomic E-state index is 11.1. The fraction of sp³-hybridized carbons (Fsp3) is 0.286. The van der Waals surface area contributed by atoms with E-state index in [4.69, 9.17) is 4.74 Å². The smallest absolute Gasteiger partial charge is 0.358 e. The van der Waals surface area contributed by atoms with Crippen LogP contribution >= 0.6 is 15.9 Å². The molecule has 0 bridgehead atoms. The van der Waals surface area contributed by atoms with E-state index in [-0.39, 0.29) is 5.69 Å². The number of rotatable bonds is 2. The Hall–Kier alpha value is -0.970. The summed E-state index contributed by atoms with van der Waals surface area (Å²) in [6, 6.07) is 0. The third-order valence-corrected chi connectivity index (χ3v) is 1.47. The van der Waals surface area contributed by atoms with Gasteiger partial charge >= 0.3 is 5.97 Å². The lowest BCUT2D eigenvalue weighted by Gasteiger charge is -1.99. The van der Waals surface area contributed by atoms with Gasteiger partial charge in [-0.3, -0.25) is 4.98 Å². The minimum absolute atomic E-state index is 0.214. The third kappa shape index (κ3) is 2.27. The van der Waals surface area contributed by atoms with E-state index in [0.29, 0.717) is 11.2 Å². The number of carbonyl (C=O) groups excluding carboxylic acids is 1. The zero-order valence-electron chi connectivity index (χ0n) is 6.45. The van der Waals surface area contributed by atoms with Gasteiger partial charge in [0.2, 0.25) is 0 Å². The SMILES string of the molecule is CCOC(=O)c1cncc(Br)n1. The van der Waals surface area contributed by atoms with Crippen LogP contribution in [0.2, 0.25) is 0 Å². The molecule has 0 unspecified atom stereocenters. The predicted octanol–water partition coefficient (Wildman–Crippen LogP) is 1.42. The second kappa shape index (κ2) is 4.15. The highest BCUT2D eigenvalue weighted by Crippen LogP contribution is 2.04. The first-order chi connectivity index (χ1) is 5.74. The molecule has 1 aromatic heterocycles. The van der Waals surface area contributed by atoms with Crippen LogP contribution in [-0.4, -0.2) is 22.5 Å². The van der Waals surface area contributed by atoms with E-state index in [1.807, 2.05) is 0 Å². The van der Waals surface area contributed by atoms with Crippen LogP contribution in [0.4, 0.5) is 0 Å². The van der Waals surface area contributed by atoms with Crippen molar-refractivity contribution in [2.24, 2.45) is 0 Å². The highest BCUT2D eigenvalue weighted by Gasteiger charge is 2.07. The van der Waals surface area contributed by atoms with Gasteiger partial charge in [-0.15, -0.1) is 0 Å². The molecule has 12 heavy (non-hydrogen) atoms. The lowest BCUT2D eigenvalue weighted by Crippen LogP contribution is -2.07. The molecule has 0 aliphatic carbocycles. The van der Waals surface area contributed by atoms with E-state index in [2.05, 4.69) is 25.9 Å². The molecule has 0 amide bonds. The maximum Gasteiger partial charge on any atom is 0.358 e. The van der Waals surface area contributed by atoms with E-state index in [9.17, 15) is 4.79 Å². The summed E-state index contributed by atoms with van der Waals surface area (Å²) in [5.41, 5.74) is 0.214. The summed E-state index contributed by atoms with van der Waals surface area (Å²) in [6.45, 7) is 2.08.